The zero-order valence-electron chi connectivity index (χ0n) is 13.7. The molecule has 0 bridgehead atoms. The van der Waals surface area contributed by atoms with Crippen molar-refractivity contribution >= 4 is 5.97 Å². The van der Waals surface area contributed by atoms with Gasteiger partial charge in [-0.25, -0.2) is 0 Å². The summed E-state index contributed by atoms with van der Waals surface area (Å²) in [6, 6.07) is 0. The van der Waals surface area contributed by atoms with E-state index < -0.39 is 54.8 Å². The highest BCUT2D eigenvalue weighted by Crippen LogP contribution is 2.51. The van der Waals surface area contributed by atoms with Crippen LogP contribution in [0.5, 0.6) is 0 Å². The lowest BCUT2D eigenvalue weighted by Gasteiger charge is -2.46. The average Bonchev–Trinajstić information content (AvgIpc) is 2.90. The molecular weight excluding hydrogens is 320 g/mol. The molecule has 4 N–H and O–H groups in total. The molecule has 1 aliphatic carbocycles. The lowest BCUT2D eigenvalue weighted by Crippen LogP contribution is -2.62. The zero-order chi connectivity index (χ0) is 17.6. The Morgan fingerprint density at radius 2 is 2.00 bits per heavy atom. The summed E-state index contributed by atoms with van der Waals surface area (Å²) in [6.07, 6.45) is -4.17. The lowest BCUT2D eigenvalue weighted by molar-refractivity contribution is -0.326. The van der Waals surface area contributed by atoms with Crippen LogP contribution in [0.1, 0.15) is 26.7 Å². The summed E-state index contributed by atoms with van der Waals surface area (Å²) >= 11 is 0. The summed E-state index contributed by atoms with van der Waals surface area (Å²) in [5, 5.41) is 39.3. The summed E-state index contributed by atoms with van der Waals surface area (Å²) in [6.45, 7) is 3.18. The number of aliphatic hydroxyl groups is 4. The molecule has 0 amide bonds. The molecule has 8 unspecified atom stereocenters. The minimum Gasteiger partial charge on any atom is -0.434 e. The van der Waals surface area contributed by atoms with Crippen LogP contribution in [0.3, 0.4) is 0 Å². The van der Waals surface area contributed by atoms with Gasteiger partial charge < -0.3 is 34.6 Å². The van der Waals surface area contributed by atoms with Crippen LogP contribution in [-0.2, 0) is 19.0 Å². The van der Waals surface area contributed by atoms with E-state index in [1.807, 2.05) is 6.92 Å². The van der Waals surface area contributed by atoms with Crippen molar-refractivity contribution in [2.45, 2.75) is 63.0 Å². The first-order chi connectivity index (χ1) is 11.3. The Bertz CT molecular complexity index is 532. The van der Waals surface area contributed by atoms with Gasteiger partial charge in [0, 0.05) is 0 Å². The van der Waals surface area contributed by atoms with Gasteiger partial charge in [-0.3, -0.25) is 4.79 Å². The van der Waals surface area contributed by atoms with Gasteiger partial charge in [0.1, 0.15) is 30.0 Å². The molecule has 1 saturated carbocycles. The van der Waals surface area contributed by atoms with Crippen molar-refractivity contribution in [2.24, 2.45) is 11.8 Å². The molecule has 0 spiro atoms. The fourth-order valence-corrected chi connectivity index (χ4v) is 4.01. The molecule has 2 aliphatic heterocycles. The Kier molecular flexibility index (Phi) is 4.71. The molecule has 8 nitrogen and oxygen atoms in total. The highest BCUT2D eigenvalue weighted by atomic mass is 16.7. The fourth-order valence-electron chi connectivity index (χ4n) is 4.01. The highest BCUT2D eigenvalue weighted by molar-refractivity contribution is 5.78. The first-order valence-electron chi connectivity index (χ1n) is 8.18. The summed E-state index contributed by atoms with van der Waals surface area (Å²) in [5.41, 5.74) is -0.281. The van der Waals surface area contributed by atoms with Crippen LogP contribution in [0.25, 0.3) is 0 Å². The number of esters is 1. The third-order valence-electron chi connectivity index (χ3n) is 5.49. The summed E-state index contributed by atoms with van der Waals surface area (Å²) < 4.78 is 16.6. The predicted molar refractivity (Wildman–Crippen MR) is 79.3 cm³/mol. The van der Waals surface area contributed by atoms with E-state index in [0.29, 0.717) is 12.0 Å². The van der Waals surface area contributed by atoms with Gasteiger partial charge in [-0.2, -0.15) is 0 Å². The molecule has 24 heavy (non-hydrogen) atoms. The van der Waals surface area contributed by atoms with Gasteiger partial charge in [-0.05, 0) is 31.3 Å². The lowest BCUT2D eigenvalue weighted by atomic mass is 9.80. The van der Waals surface area contributed by atoms with Crippen LogP contribution >= 0.6 is 0 Å². The molecule has 3 rings (SSSR count). The molecule has 2 fully saturated rings. The van der Waals surface area contributed by atoms with Gasteiger partial charge in [0.25, 0.3) is 0 Å². The van der Waals surface area contributed by atoms with E-state index in [1.54, 1.807) is 6.92 Å². The van der Waals surface area contributed by atoms with Gasteiger partial charge in [0.15, 0.2) is 6.29 Å². The van der Waals surface area contributed by atoms with Gasteiger partial charge in [0.2, 0.25) is 0 Å². The minimum absolute atomic E-state index is 0.0334. The first-order valence-corrected chi connectivity index (χ1v) is 8.18. The number of rotatable bonds is 3. The highest BCUT2D eigenvalue weighted by Gasteiger charge is 2.58. The standard InChI is InChI=1S/C16H24O8/c1-7-3-4-16(8(2)6-22-14(21)10(7)16)24-15-13(20)12(19)11(18)9(5-17)23-15/h6-7,9-13,15,17-20H,3-5H2,1-2H3. The van der Waals surface area contributed by atoms with Crippen molar-refractivity contribution in [2.75, 3.05) is 6.61 Å². The molecule has 8 atom stereocenters. The Morgan fingerprint density at radius 1 is 1.29 bits per heavy atom. The minimum atomic E-state index is -1.52. The Labute approximate surface area is 139 Å². The second-order valence-corrected chi connectivity index (χ2v) is 6.94. The van der Waals surface area contributed by atoms with Crippen LogP contribution in [0.15, 0.2) is 11.8 Å². The molecule has 0 radical (unpaired) electrons. The number of fused-ring (bicyclic) bond motifs is 1. The molecule has 0 aromatic rings. The second kappa shape index (κ2) is 6.36. The van der Waals surface area contributed by atoms with E-state index in [1.165, 1.54) is 6.26 Å². The number of hydrogen-bond acceptors (Lipinski definition) is 8. The first kappa shape index (κ1) is 17.8. The molecule has 1 saturated heterocycles. The van der Waals surface area contributed by atoms with Gasteiger partial charge in [0.05, 0.1) is 18.8 Å². The number of carbonyl (C=O) groups is 1. The molecule has 0 aromatic heterocycles. The normalized spacial score (nSPS) is 48.7. The summed E-state index contributed by atoms with van der Waals surface area (Å²) in [4.78, 5) is 12.2. The third kappa shape index (κ3) is 2.58. The van der Waals surface area contributed by atoms with E-state index in [9.17, 15) is 25.2 Å². The van der Waals surface area contributed by atoms with Crippen molar-refractivity contribution < 1.29 is 39.4 Å². The van der Waals surface area contributed by atoms with Crippen molar-refractivity contribution in [3.8, 4) is 0 Å². The van der Waals surface area contributed by atoms with Crippen LogP contribution in [0.4, 0.5) is 0 Å². The summed E-state index contributed by atoms with van der Waals surface area (Å²) in [7, 11) is 0. The Morgan fingerprint density at radius 3 is 2.67 bits per heavy atom. The van der Waals surface area contributed by atoms with E-state index in [2.05, 4.69) is 0 Å². The maximum Gasteiger partial charge on any atom is 0.317 e. The third-order valence-corrected chi connectivity index (χ3v) is 5.49. The van der Waals surface area contributed by atoms with E-state index >= 15 is 0 Å². The van der Waals surface area contributed by atoms with Crippen LogP contribution in [0.2, 0.25) is 0 Å². The van der Waals surface area contributed by atoms with Gasteiger partial charge in [-0.15, -0.1) is 0 Å². The van der Waals surface area contributed by atoms with Crippen molar-refractivity contribution in [1.82, 2.24) is 0 Å². The number of cyclic esters (lactones) is 1. The smallest absolute Gasteiger partial charge is 0.317 e. The largest absolute Gasteiger partial charge is 0.434 e. The number of aliphatic hydroxyl groups excluding tert-OH is 4. The van der Waals surface area contributed by atoms with Crippen LogP contribution in [0, 0.1) is 11.8 Å². The van der Waals surface area contributed by atoms with Gasteiger partial charge in [-0.1, -0.05) is 6.92 Å². The molecule has 2 heterocycles. The maximum atomic E-state index is 12.2. The fraction of sp³-hybridized carbons (Fsp3) is 0.812. The Hall–Kier alpha value is -1.03. The average molecular weight is 344 g/mol. The van der Waals surface area contributed by atoms with Crippen molar-refractivity contribution in [3.63, 3.8) is 0 Å². The summed E-state index contributed by atoms with van der Waals surface area (Å²) in [5.74, 6) is -0.893. The van der Waals surface area contributed by atoms with Gasteiger partial charge >= 0.3 is 5.97 Å². The zero-order valence-corrected chi connectivity index (χ0v) is 13.7. The number of ether oxygens (including phenoxy) is 3. The van der Waals surface area contributed by atoms with Crippen molar-refractivity contribution in [3.05, 3.63) is 11.8 Å². The topological polar surface area (TPSA) is 126 Å². The van der Waals surface area contributed by atoms with E-state index in [0.717, 1.165) is 6.42 Å². The second-order valence-electron chi connectivity index (χ2n) is 6.94. The quantitative estimate of drug-likeness (QED) is 0.483. The monoisotopic (exact) mass is 344 g/mol. The molecule has 0 aromatic carbocycles. The van der Waals surface area contributed by atoms with E-state index in [4.69, 9.17) is 14.2 Å². The van der Waals surface area contributed by atoms with Crippen LogP contribution < -0.4 is 0 Å². The molecule has 8 heteroatoms. The van der Waals surface area contributed by atoms with E-state index in [-0.39, 0.29) is 5.92 Å². The predicted octanol–water partition coefficient (Wildman–Crippen LogP) is -0.952. The molecular formula is C16H24O8. The van der Waals surface area contributed by atoms with Crippen molar-refractivity contribution in [1.29, 1.82) is 0 Å². The Balaban J connectivity index is 1.89. The molecule has 136 valence electrons. The maximum absolute atomic E-state index is 12.2. The molecule has 3 aliphatic rings. The number of hydrogen-bond donors (Lipinski definition) is 4. The SMILES string of the molecule is CC1=COC(=O)C2C(C)CCC12OC1OC(CO)C(O)C(O)C1O. The van der Waals surface area contributed by atoms with Crippen LogP contribution in [-0.4, -0.2) is 69.3 Å². The number of carbonyl (C=O) groups excluding carboxylic acids is 1.